The standard InChI is InChI=1S/C19H30N6O/c1-4-18-24-23-15-25(18)13-12-22-19(20-3)21-11-5-6-14-26-17-9-7-16(2)8-10-17/h7-10,15H,4-6,11-14H2,1-3H3,(H2,20,21,22). The molecule has 0 atom stereocenters. The van der Waals surface area contributed by atoms with Gasteiger partial charge in [-0.1, -0.05) is 24.6 Å². The highest BCUT2D eigenvalue weighted by Gasteiger charge is 2.02. The van der Waals surface area contributed by atoms with E-state index in [1.807, 2.05) is 12.1 Å². The van der Waals surface area contributed by atoms with Gasteiger partial charge in [-0.15, -0.1) is 10.2 Å². The predicted molar refractivity (Wildman–Crippen MR) is 105 cm³/mol. The highest BCUT2D eigenvalue weighted by molar-refractivity contribution is 5.79. The number of guanidine groups is 1. The Morgan fingerprint density at radius 2 is 1.92 bits per heavy atom. The lowest BCUT2D eigenvalue weighted by molar-refractivity contribution is 0.307. The van der Waals surface area contributed by atoms with Crippen molar-refractivity contribution in [1.29, 1.82) is 0 Å². The molecule has 0 saturated carbocycles. The van der Waals surface area contributed by atoms with E-state index in [1.165, 1.54) is 5.56 Å². The van der Waals surface area contributed by atoms with Gasteiger partial charge in [0.1, 0.15) is 17.9 Å². The van der Waals surface area contributed by atoms with E-state index >= 15 is 0 Å². The Bertz CT molecular complexity index is 665. The number of hydrogen-bond donors (Lipinski definition) is 2. The molecule has 0 aliphatic carbocycles. The number of ether oxygens (including phenoxy) is 1. The number of unbranched alkanes of at least 4 members (excludes halogenated alkanes) is 1. The molecule has 2 aromatic rings. The van der Waals surface area contributed by atoms with Crippen molar-refractivity contribution < 1.29 is 4.74 Å². The van der Waals surface area contributed by atoms with Gasteiger partial charge in [-0.05, 0) is 31.9 Å². The topological polar surface area (TPSA) is 76.4 Å². The lowest BCUT2D eigenvalue weighted by atomic mass is 10.2. The van der Waals surface area contributed by atoms with Gasteiger partial charge in [-0.3, -0.25) is 4.99 Å². The third-order valence-electron chi connectivity index (χ3n) is 4.03. The van der Waals surface area contributed by atoms with Crippen LogP contribution in [0.4, 0.5) is 0 Å². The van der Waals surface area contributed by atoms with E-state index in [9.17, 15) is 0 Å². The van der Waals surface area contributed by atoms with Crippen LogP contribution in [0.15, 0.2) is 35.6 Å². The fourth-order valence-electron chi connectivity index (χ4n) is 2.51. The molecule has 0 amide bonds. The van der Waals surface area contributed by atoms with Gasteiger partial charge < -0.3 is 19.9 Å². The van der Waals surface area contributed by atoms with E-state index in [0.29, 0.717) is 0 Å². The normalized spacial score (nSPS) is 11.4. The Balaban J connectivity index is 1.55. The summed E-state index contributed by atoms with van der Waals surface area (Å²) in [4.78, 5) is 4.25. The van der Waals surface area contributed by atoms with Gasteiger partial charge >= 0.3 is 0 Å². The zero-order valence-corrected chi connectivity index (χ0v) is 16.0. The molecule has 2 rings (SSSR count). The molecule has 1 aromatic carbocycles. The van der Waals surface area contributed by atoms with Crippen LogP contribution in [0.5, 0.6) is 5.75 Å². The summed E-state index contributed by atoms with van der Waals surface area (Å²) in [6.07, 6.45) is 4.68. The van der Waals surface area contributed by atoms with Gasteiger partial charge in [-0.25, -0.2) is 0 Å². The maximum Gasteiger partial charge on any atom is 0.191 e. The minimum absolute atomic E-state index is 0.726. The van der Waals surface area contributed by atoms with Crippen LogP contribution < -0.4 is 15.4 Å². The number of hydrogen-bond acceptors (Lipinski definition) is 4. The molecule has 7 heteroatoms. The molecular weight excluding hydrogens is 328 g/mol. The summed E-state index contributed by atoms with van der Waals surface area (Å²) in [6, 6.07) is 8.16. The monoisotopic (exact) mass is 358 g/mol. The SMILES string of the molecule is CCc1nncn1CCNC(=NC)NCCCCOc1ccc(C)cc1. The first-order chi connectivity index (χ1) is 12.7. The van der Waals surface area contributed by atoms with Crippen LogP contribution >= 0.6 is 0 Å². The van der Waals surface area contributed by atoms with Crippen molar-refractivity contribution in [2.24, 2.45) is 4.99 Å². The second-order valence-corrected chi connectivity index (χ2v) is 6.09. The summed E-state index contributed by atoms with van der Waals surface area (Å²) in [7, 11) is 1.78. The van der Waals surface area contributed by atoms with Crippen molar-refractivity contribution in [1.82, 2.24) is 25.4 Å². The zero-order chi connectivity index (χ0) is 18.6. The summed E-state index contributed by atoms with van der Waals surface area (Å²) in [5.41, 5.74) is 1.25. The smallest absolute Gasteiger partial charge is 0.191 e. The van der Waals surface area contributed by atoms with E-state index in [-0.39, 0.29) is 0 Å². The number of nitrogens with zero attached hydrogens (tertiary/aromatic N) is 4. The van der Waals surface area contributed by atoms with Gasteiger partial charge in [0.2, 0.25) is 0 Å². The fourth-order valence-corrected chi connectivity index (χ4v) is 2.51. The van der Waals surface area contributed by atoms with Crippen molar-refractivity contribution >= 4 is 5.96 Å². The molecule has 0 spiro atoms. The summed E-state index contributed by atoms with van der Waals surface area (Å²) < 4.78 is 7.79. The average molecular weight is 358 g/mol. The molecule has 0 saturated heterocycles. The van der Waals surface area contributed by atoms with Crippen LogP contribution in [-0.2, 0) is 13.0 Å². The van der Waals surface area contributed by atoms with Crippen molar-refractivity contribution in [3.8, 4) is 5.75 Å². The van der Waals surface area contributed by atoms with E-state index in [2.05, 4.69) is 56.4 Å². The summed E-state index contributed by atoms with van der Waals surface area (Å²) in [5.74, 6) is 2.75. The Labute approximate surface area is 155 Å². The quantitative estimate of drug-likeness (QED) is 0.387. The molecule has 0 fully saturated rings. The van der Waals surface area contributed by atoms with Gasteiger partial charge in [0.05, 0.1) is 6.61 Å². The van der Waals surface area contributed by atoms with Crippen molar-refractivity contribution in [3.05, 3.63) is 42.0 Å². The molecule has 0 aliphatic heterocycles. The number of nitrogens with one attached hydrogen (secondary N) is 2. The Morgan fingerprint density at radius 3 is 2.65 bits per heavy atom. The Hall–Kier alpha value is -2.57. The summed E-state index contributed by atoms with van der Waals surface area (Å²) >= 11 is 0. The van der Waals surface area contributed by atoms with Gasteiger partial charge in [0, 0.05) is 33.1 Å². The molecule has 2 N–H and O–H groups in total. The average Bonchev–Trinajstić information content (AvgIpc) is 3.12. The number of rotatable bonds is 10. The highest BCUT2D eigenvalue weighted by atomic mass is 16.5. The number of benzene rings is 1. The lowest BCUT2D eigenvalue weighted by Crippen LogP contribution is -2.39. The van der Waals surface area contributed by atoms with E-state index < -0.39 is 0 Å². The third kappa shape index (κ3) is 6.74. The van der Waals surface area contributed by atoms with E-state index in [4.69, 9.17) is 4.74 Å². The summed E-state index contributed by atoms with van der Waals surface area (Å²) in [5, 5.41) is 14.7. The molecule has 0 bridgehead atoms. The largest absolute Gasteiger partial charge is 0.494 e. The van der Waals surface area contributed by atoms with E-state index in [0.717, 1.165) is 63.0 Å². The molecule has 1 aromatic heterocycles. The predicted octanol–water partition coefficient (Wildman–Crippen LogP) is 2.17. The number of aliphatic imine (C=N–C) groups is 1. The van der Waals surface area contributed by atoms with Crippen LogP contribution in [-0.4, -0.2) is 47.5 Å². The molecule has 0 radical (unpaired) electrons. The molecule has 0 unspecified atom stereocenters. The first-order valence-corrected chi connectivity index (χ1v) is 9.23. The first kappa shape index (κ1) is 19.8. The van der Waals surface area contributed by atoms with Gasteiger partial charge in [0.15, 0.2) is 5.96 Å². The molecular formula is C19H30N6O. The van der Waals surface area contributed by atoms with Gasteiger partial charge in [0.25, 0.3) is 0 Å². The molecule has 142 valence electrons. The molecule has 26 heavy (non-hydrogen) atoms. The van der Waals surface area contributed by atoms with Gasteiger partial charge in [-0.2, -0.15) is 0 Å². The van der Waals surface area contributed by atoms with Crippen molar-refractivity contribution in [3.63, 3.8) is 0 Å². The van der Waals surface area contributed by atoms with E-state index in [1.54, 1.807) is 13.4 Å². The van der Waals surface area contributed by atoms with Crippen LogP contribution in [0.1, 0.15) is 31.2 Å². The number of aryl methyl sites for hydroxylation is 2. The minimum Gasteiger partial charge on any atom is -0.494 e. The maximum atomic E-state index is 5.73. The molecule has 7 nitrogen and oxygen atoms in total. The summed E-state index contributed by atoms with van der Waals surface area (Å²) in [6.45, 7) is 7.35. The molecule has 0 aliphatic rings. The minimum atomic E-state index is 0.726. The Morgan fingerprint density at radius 1 is 1.15 bits per heavy atom. The zero-order valence-electron chi connectivity index (χ0n) is 16.0. The fraction of sp³-hybridized carbons (Fsp3) is 0.526. The van der Waals surface area contributed by atoms with Crippen LogP contribution in [0.3, 0.4) is 0 Å². The number of aromatic nitrogens is 3. The lowest BCUT2D eigenvalue weighted by Gasteiger charge is -2.13. The Kier molecular flexibility index (Phi) is 8.45. The maximum absolute atomic E-state index is 5.73. The second kappa shape index (κ2) is 11.1. The highest BCUT2D eigenvalue weighted by Crippen LogP contribution is 2.11. The van der Waals surface area contributed by atoms with Crippen molar-refractivity contribution in [2.75, 3.05) is 26.7 Å². The van der Waals surface area contributed by atoms with Crippen LogP contribution in [0.25, 0.3) is 0 Å². The first-order valence-electron chi connectivity index (χ1n) is 9.23. The second-order valence-electron chi connectivity index (χ2n) is 6.09. The van der Waals surface area contributed by atoms with Crippen LogP contribution in [0.2, 0.25) is 0 Å². The third-order valence-corrected chi connectivity index (χ3v) is 4.03. The van der Waals surface area contributed by atoms with Crippen LogP contribution in [0, 0.1) is 6.92 Å². The van der Waals surface area contributed by atoms with Crippen molar-refractivity contribution in [2.45, 2.75) is 39.7 Å². The molecule has 1 heterocycles.